The molecule has 0 unspecified atom stereocenters. The zero-order valence-corrected chi connectivity index (χ0v) is 8.77. The van der Waals surface area contributed by atoms with Crippen LogP contribution in [-0.4, -0.2) is 35.6 Å². The predicted molar refractivity (Wildman–Crippen MR) is 55.7 cm³/mol. The molecule has 7 nitrogen and oxygen atoms in total. The highest BCUT2D eigenvalue weighted by Gasteiger charge is 2.04. The van der Waals surface area contributed by atoms with Crippen LogP contribution in [0.15, 0.2) is 18.6 Å². The minimum Gasteiger partial charge on any atom is -0.469 e. The molecule has 0 saturated heterocycles. The molecule has 2 amide bonds. The number of esters is 1. The van der Waals surface area contributed by atoms with Crippen LogP contribution in [0.1, 0.15) is 6.42 Å². The first kappa shape index (κ1) is 11.9. The van der Waals surface area contributed by atoms with E-state index in [1.807, 2.05) is 0 Å². The molecule has 1 aromatic heterocycles. The summed E-state index contributed by atoms with van der Waals surface area (Å²) in [6, 6.07) is -0.440. The molecule has 0 atom stereocenters. The highest BCUT2D eigenvalue weighted by Crippen LogP contribution is 1.95. The van der Waals surface area contributed by atoms with E-state index in [1.165, 1.54) is 25.7 Å². The Hall–Kier alpha value is -2.18. The van der Waals surface area contributed by atoms with Crippen molar-refractivity contribution in [1.29, 1.82) is 0 Å². The Bertz CT molecular complexity index is 355. The van der Waals surface area contributed by atoms with Gasteiger partial charge in [-0.2, -0.15) is 0 Å². The maximum Gasteiger partial charge on any atom is 0.320 e. The zero-order chi connectivity index (χ0) is 11.8. The molecule has 0 aliphatic heterocycles. The number of amides is 2. The van der Waals surface area contributed by atoms with E-state index < -0.39 is 6.03 Å². The zero-order valence-electron chi connectivity index (χ0n) is 8.77. The summed E-state index contributed by atoms with van der Waals surface area (Å²) in [5.41, 5.74) is 0. The van der Waals surface area contributed by atoms with Gasteiger partial charge in [0, 0.05) is 18.9 Å². The van der Waals surface area contributed by atoms with Crippen molar-refractivity contribution in [1.82, 2.24) is 15.3 Å². The molecule has 0 bridgehead atoms. The van der Waals surface area contributed by atoms with Crippen LogP contribution in [0.2, 0.25) is 0 Å². The number of anilines is 1. The topological polar surface area (TPSA) is 93.2 Å². The van der Waals surface area contributed by atoms with Crippen LogP contribution in [0.4, 0.5) is 10.6 Å². The second-order valence-electron chi connectivity index (χ2n) is 2.80. The van der Waals surface area contributed by atoms with Gasteiger partial charge in [0.05, 0.1) is 19.7 Å². The first-order valence-electron chi connectivity index (χ1n) is 4.60. The molecule has 1 aromatic rings. The third-order valence-corrected chi connectivity index (χ3v) is 1.65. The van der Waals surface area contributed by atoms with E-state index in [-0.39, 0.29) is 18.9 Å². The van der Waals surface area contributed by atoms with Gasteiger partial charge in [-0.3, -0.25) is 15.1 Å². The second-order valence-corrected chi connectivity index (χ2v) is 2.80. The number of carbonyl (C=O) groups is 2. The number of nitrogens with one attached hydrogen (secondary N) is 2. The van der Waals surface area contributed by atoms with E-state index in [0.29, 0.717) is 5.82 Å². The van der Waals surface area contributed by atoms with Gasteiger partial charge in [0.2, 0.25) is 0 Å². The normalized spacial score (nSPS) is 9.31. The molecule has 0 fully saturated rings. The Labute approximate surface area is 92.2 Å². The van der Waals surface area contributed by atoms with Gasteiger partial charge in [0.1, 0.15) is 0 Å². The van der Waals surface area contributed by atoms with Crippen LogP contribution in [-0.2, 0) is 9.53 Å². The number of rotatable bonds is 4. The van der Waals surface area contributed by atoms with E-state index in [0.717, 1.165) is 0 Å². The monoisotopic (exact) mass is 224 g/mol. The van der Waals surface area contributed by atoms with E-state index in [4.69, 9.17) is 0 Å². The van der Waals surface area contributed by atoms with Crippen LogP contribution in [0.25, 0.3) is 0 Å². The lowest BCUT2D eigenvalue weighted by Gasteiger charge is -2.05. The van der Waals surface area contributed by atoms with Gasteiger partial charge < -0.3 is 10.1 Å². The fourth-order valence-corrected chi connectivity index (χ4v) is 0.904. The fourth-order valence-electron chi connectivity index (χ4n) is 0.904. The number of nitrogens with zero attached hydrogens (tertiary/aromatic N) is 2. The average Bonchev–Trinajstić information content (AvgIpc) is 2.30. The lowest BCUT2D eigenvalue weighted by molar-refractivity contribution is -0.140. The summed E-state index contributed by atoms with van der Waals surface area (Å²) in [4.78, 5) is 29.6. The molecule has 0 aromatic carbocycles. The summed E-state index contributed by atoms with van der Waals surface area (Å²) in [7, 11) is 1.29. The van der Waals surface area contributed by atoms with Gasteiger partial charge in [0.25, 0.3) is 0 Å². The molecule has 0 saturated carbocycles. The van der Waals surface area contributed by atoms with Crippen LogP contribution >= 0.6 is 0 Å². The van der Waals surface area contributed by atoms with Crippen LogP contribution in [0.5, 0.6) is 0 Å². The van der Waals surface area contributed by atoms with Crippen molar-refractivity contribution in [3.8, 4) is 0 Å². The lowest BCUT2D eigenvalue weighted by atomic mass is 10.4. The summed E-state index contributed by atoms with van der Waals surface area (Å²) in [5.74, 6) is -0.0297. The lowest BCUT2D eigenvalue weighted by Crippen LogP contribution is -2.31. The molecule has 0 aliphatic rings. The average molecular weight is 224 g/mol. The third-order valence-electron chi connectivity index (χ3n) is 1.65. The maximum atomic E-state index is 11.2. The summed E-state index contributed by atoms with van der Waals surface area (Å²) in [6.45, 7) is 0.207. The minimum atomic E-state index is -0.440. The van der Waals surface area contributed by atoms with Crippen molar-refractivity contribution >= 4 is 17.8 Å². The van der Waals surface area contributed by atoms with Crippen LogP contribution in [0, 0.1) is 0 Å². The van der Waals surface area contributed by atoms with Gasteiger partial charge in [-0.25, -0.2) is 9.78 Å². The first-order valence-corrected chi connectivity index (χ1v) is 4.60. The third kappa shape index (κ3) is 4.36. The smallest absolute Gasteiger partial charge is 0.320 e. The number of urea groups is 1. The largest absolute Gasteiger partial charge is 0.469 e. The summed E-state index contributed by atoms with van der Waals surface area (Å²) >= 11 is 0. The summed E-state index contributed by atoms with van der Waals surface area (Å²) in [6.07, 6.45) is 4.51. The van der Waals surface area contributed by atoms with Crippen molar-refractivity contribution in [3.05, 3.63) is 18.6 Å². The van der Waals surface area contributed by atoms with Gasteiger partial charge >= 0.3 is 12.0 Å². The molecule has 1 rings (SSSR count). The Morgan fingerprint density at radius 2 is 2.25 bits per heavy atom. The van der Waals surface area contributed by atoms with Gasteiger partial charge in [-0.15, -0.1) is 0 Å². The summed E-state index contributed by atoms with van der Waals surface area (Å²) < 4.78 is 4.42. The molecule has 0 aliphatic carbocycles. The Morgan fingerprint density at radius 1 is 1.44 bits per heavy atom. The predicted octanol–water partition coefficient (Wildman–Crippen LogP) is 0.161. The number of ether oxygens (including phenoxy) is 1. The number of methoxy groups -OCH3 is 1. The quantitative estimate of drug-likeness (QED) is 0.710. The van der Waals surface area contributed by atoms with Crippen molar-refractivity contribution < 1.29 is 14.3 Å². The molecule has 1 heterocycles. The van der Waals surface area contributed by atoms with Gasteiger partial charge in [-0.1, -0.05) is 0 Å². The Kier molecular flexibility index (Phi) is 4.71. The molecule has 0 radical (unpaired) electrons. The van der Waals surface area contributed by atoms with Crippen molar-refractivity contribution in [2.45, 2.75) is 6.42 Å². The number of hydrogen-bond donors (Lipinski definition) is 2. The SMILES string of the molecule is COC(=O)CCNC(=O)Nc1cnccn1. The molecule has 7 heteroatoms. The standard InChI is InChI=1S/C9H12N4O3/c1-16-8(14)2-3-12-9(15)13-7-6-10-4-5-11-7/h4-6H,2-3H2,1H3,(H2,11,12,13,15). The number of carbonyl (C=O) groups excluding carboxylic acids is 2. The van der Waals surface area contributed by atoms with E-state index in [2.05, 4.69) is 25.3 Å². The Balaban J connectivity index is 2.24. The van der Waals surface area contributed by atoms with E-state index in [9.17, 15) is 9.59 Å². The molecule has 0 spiro atoms. The Morgan fingerprint density at radius 3 is 2.88 bits per heavy atom. The fraction of sp³-hybridized carbons (Fsp3) is 0.333. The maximum absolute atomic E-state index is 11.2. The minimum absolute atomic E-state index is 0.129. The first-order chi connectivity index (χ1) is 7.72. The van der Waals surface area contributed by atoms with E-state index >= 15 is 0 Å². The van der Waals surface area contributed by atoms with Crippen LogP contribution in [0.3, 0.4) is 0 Å². The van der Waals surface area contributed by atoms with Crippen molar-refractivity contribution in [3.63, 3.8) is 0 Å². The highest BCUT2D eigenvalue weighted by atomic mass is 16.5. The molecule has 2 N–H and O–H groups in total. The van der Waals surface area contributed by atoms with Gasteiger partial charge in [-0.05, 0) is 0 Å². The van der Waals surface area contributed by atoms with Crippen LogP contribution < -0.4 is 10.6 Å². The number of aromatic nitrogens is 2. The molecular formula is C9H12N4O3. The van der Waals surface area contributed by atoms with Crippen molar-refractivity contribution in [2.24, 2.45) is 0 Å². The molecular weight excluding hydrogens is 212 g/mol. The number of hydrogen-bond acceptors (Lipinski definition) is 5. The molecule has 16 heavy (non-hydrogen) atoms. The molecule has 86 valence electrons. The van der Waals surface area contributed by atoms with E-state index in [1.54, 1.807) is 0 Å². The van der Waals surface area contributed by atoms with Gasteiger partial charge in [0.15, 0.2) is 5.82 Å². The van der Waals surface area contributed by atoms with Crippen molar-refractivity contribution in [2.75, 3.05) is 19.0 Å². The highest BCUT2D eigenvalue weighted by molar-refractivity contribution is 5.88. The summed E-state index contributed by atoms with van der Waals surface area (Å²) in [5, 5.41) is 4.94. The second kappa shape index (κ2) is 6.33.